The predicted octanol–water partition coefficient (Wildman–Crippen LogP) is 5.04. The zero-order valence-corrected chi connectivity index (χ0v) is 17.5. The van der Waals surface area contributed by atoms with Gasteiger partial charge in [-0.05, 0) is 73.2 Å². The van der Waals surface area contributed by atoms with Gasteiger partial charge in [0.1, 0.15) is 0 Å². The smallest absolute Gasteiger partial charge is 0.254 e. The van der Waals surface area contributed by atoms with E-state index < -0.39 is 0 Å². The molecule has 1 aromatic carbocycles. The Kier molecular flexibility index (Phi) is 5.47. The maximum atomic E-state index is 13.7. The molecule has 0 spiro atoms. The fraction of sp³-hybridized carbons (Fsp3) is 0.391. The summed E-state index contributed by atoms with van der Waals surface area (Å²) in [5.74, 6) is 0.0560. The van der Waals surface area contributed by atoms with Crippen molar-refractivity contribution in [2.75, 3.05) is 13.2 Å². The molecule has 4 rings (SSSR count). The van der Waals surface area contributed by atoms with Gasteiger partial charge in [0.15, 0.2) is 0 Å². The summed E-state index contributed by atoms with van der Waals surface area (Å²) in [4.78, 5) is 20.3. The lowest BCUT2D eigenvalue weighted by atomic mass is 10.00. The standard InChI is InChI=1S/C23H26N2O2S/c1-15-6-7-20-21(11-16(2)24-22(20)17(15)3)23(26)25(12-18-8-10-28-14-18)13-19-5-4-9-27-19/h6-8,10-11,14,19H,4-5,9,12-13H2,1-3H3/t19-/m0/s1. The Morgan fingerprint density at radius 1 is 1.29 bits per heavy atom. The second-order valence-electron chi connectivity index (χ2n) is 7.67. The van der Waals surface area contributed by atoms with E-state index >= 15 is 0 Å². The lowest BCUT2D eigenvalue weighted by Gasteiger charge is -2.26. The summed E-state index contributed by atoms with van der Waals surface area (Å²) in [7, 11) is 0. The Labute approximate surface area is 170 Å². The molecule has 5 heteroatoms. The molecule has 0 bridgehead atoms. The average molecular weight is 395 g/mol. The average Bonchev–Trinajstić information content (AvgIpc) is 3.37. The molecule has 1 atom stereocenters. The maximum Gasteiger partial charge on any atom is 0.254 e. The summed E-state index contributed by atoms with van der Waals surface area (Å²) >= 11 is 1.66. The molecular weight excluding hydrogens is 368 g/mol. The lowest BCUT2D eigenvalue weighted by molar-refractivity contribution is 0.0509. The zero-order chi connectivity index (χ0) is 19.7. The summed E-state index contributed by atoms with van der Waals surface area (Å²) in [6.07, 6.45) is 2.21. The molecule has 0 N–H and O–H groups in total. The molecule has 3 heterocycles. The summed E-state index contributed by atoms with van der Waals surface area (Å²) in [5.41, 5.74) is 6.03. The molecule has 3 aromatic rings. The van der Waals surface area contributed by atoms with Gasteiger partial charge in [-0.3, -0.25) is 9.78 Å². The van der Waals surface area contributed by atoms with Gasteiger partial charge in [0.25, 0.3) is 5.91 Å². The number of benzene rings is 1. The van der Waals surface area contributed by atoms with Gasteiger partial charge in [0.05, 0.1) is 17.2 Å². The molecule has 1 saturated heterocycles. The summed E-state index contributed by atoms with van der Waals surface area (Å²) in [6.45, 7) is 8.15. The van der Waals surface area contributed by atoms with E-state index in [1.165, 1.54) is 11.1 Å². The zero-order valence-electron chi connectivity index (χ0n) is 16.7. The third kappa shape index (κ3) is 3.82. The predicted molar refractivity (Wildman–Crippen MR) is 114 cm³/mol. The van der Waals surface area contributed by atoms with Gasteiger partial charge in [-0.1, -0.05) is 12.1 Å². The third-order valence-electron chi connectivity index (χ3n) is 5.55. The highest BCUT2D eigenvalue weighted by Gasteiger charge is 2.25. The van der Waals surface area contributed by atoms with Gasteiger partial charge < -0.3 is 9.64 Å². The first-order valence-electron chi connectivity index (χ1n) is 9.82. The molecule has 0 radical (unpaired) electrons. The van der Waals surface area contributed by atoms with Crippen LogP contribution in [-0.4, -0.2) is 35.0 Å². The van der Waals surface area contributed by atoms with Crippen LogP contribution in [0, 0.1) is 20.8 Å². The van der Waals surface area contributed by atoms with Crippen LogP contribution in [0.15, 0.2) is 35.0 Å². The minimum Gasteiger partial charge on any atom is -0.376 e. The second kappa shape index (κ2) is 8.02. The molecule has 2 aromatic heterocycles. The Hall–Kier alpha value is -2.24. The highest BCUT2D eigenvalue weighted by molar-refractivity contribution is 7.07. The number of carbonyl (C=O) groups is 1. The SMILES string of the molecule is Cc1cc(C(=O)N(Cc2ccsc2)C[C@@H]2CCCO2)c2ccc(C)c(C)c2n1. The molecule has 4 nitrogen and oxygen atoms in total. The first-order valence-corrected chi connectivity index (χ1v) is 10.8. The van der Waals surface area contributed by atoms with Crippen molar-refractivity contribution < 1.29 is 9.53 Å². The third-order valence-corrected chi connectivity index (χ3v) is 6.28. The van der Waals surface area contributed by atoms with Gasteiger partial charge in [0, 0.05) is 30.8 Å². The number of ether oxygens (including phenoxy) is 1. The van der Waals surface area contributed by atoms with Crippen LogP contribution in [0.4, 0.5) is 0 Å². The Morgan fingerprint density at radius 3 is 2.86 bits per heavy atom. The van der Waals surface area contributed by atoms with E-state index in [1.807, 2.05) is 24.0 Å². The highest BCUT2D eigenvalue weighted by atomic mass is 32.1. The van der Waals surface area contributed by atoms with E-state index in [-0.39, 0.29) is 12.0 Å². The topological polar surface area (TPSA) is 42.4 Å². The van der Waals surface area contributed by atoms with Crippen LogP contribution in [0.25, 0.3) is 10.9 Å². The highest BCUT2D eigenvalue weighted by Crippen LogP contribution is 2.26. The first-order chi connectivity index (χ1) is 13.5. The minimum absolute atomic E-state index is 0.0560. The van der Waals surface area contributed by atoms with Crippen LogP contribution in [0.3, 0.4) is 0 Å². The van der Waals surface area contributed by atoms with Crippen LogP contribution >= 0.6 is 11.3 Å². The number of amides is 1. The summed E-state index contributed by atoms with van der Waals surface area (Å²) in [6, 6.07) is 8.13. The summed E-state index contributed by atoms with van der Waals surface area (Å²) in [5, 5.41) is 5.10. The molecule has 0 saturated carbocycles. The molecule has 1 aliphatic rings. The van der Waals surface area contributed by atoms with E-state index in [9.17, 15) is 4.79 Å². The number of hydrogen-bond acceptors (Lipinski definition) is 4. The second-order valence-corrected chi connectivity index (χ2v) is 8.45. The number of thiophene rings is 1. The Morgan fingerprint density at radius 2 is 2.14 bits per heavy atom. The number of fused-ring (bicyclic) bond motifs is 1. The first kappa shape index (κ1) is 19.1. The van der Waals surface area contributed by atoms with Crippen LogP contribution in [0.1, 0.15) is 45.6 Å². The van der Waals surface area contributed by atoms with Crippen LogP contribution in [-0.2, 0) is 11.3 Å². The van der Waals surface area contributed by atoms with E-state index in [0.29, 0.717) is 13.1 Å². The maximum absolute atomic E-state index is 13.7. The molecule has 146 valence electrons. The summed E-state index contributed by atoms with van der Waals surface area (Å²) < 4.78 is 5.83. The van der Waals surface area contributed by atoms with Crippen molar-refractivity contribution in [2.24, 2.45) is 0 Å². The molecule has 28 heavy (non-hydrogen) atoms. The minimum atomic E-state index is 0.0560. The number of aromatic nitrogens is 1. The van der Waals surface area contributed by atoms with Crippen LogP contribution < -0.4 is 0 Å². The van der Waals surface area contributed by atoms with Crippen molar-refractivity contribution in [1.29, 1.82) is 0 Å². The quantitative estimate of drug-likeness (QED) is 0.609. The number of rotatable bonds is 5. The fourth-order valence-corrected chi connectivity index (χ4v) is 4.52. The Balaban J connectivity index is 1.74. The van der Waals surface area contributed by atoms with Gasteiger partial charge in [-0.25, -0.2) is 0 Å². The number of hydrogen-bond donors (Lipinski definition) is 0. The van der Waals surface area contributed by atoms with E-state index in [1.54, 1.807) is 11.3 Å². The van der Waals surface area contributed by atoms with Crippen molar-refractivity contribution in [1.82, 2.24) is 9.88 Å². The number of carbonyl (C=O) groups excluding carboxylic acids is 1. The molecule has 0 aliphatic carbocycles. The monoisotopic (exact) mass is 394 g/mol. The molecule has 0 unspecified atom stereocenters. The van der Waals surface area contributed by atoms with E-state index in [4.69, 9.17) is 9.72 Å². The van der Waals surface area contributed by atoms with E-state index in [2.05, 4.69) is 36.7 Å². The molecule has 1 fully saturated rings. The van der Waals surface area contributed by atoms with Crippen molar-refractivity contribution in [3.8, 4) is 0 Å². The van der Waals surface area contributed by atoms with Gasteiger partial charge in [-0.15, -0.1) is 0 Å². The lowest BCUT2D eigenvalue weighted by Crippen LogP contribution is -2.37. The van der Waals surface area contributed by atoms with E-state index in [0.717, 1.165) is 47.2 Å². The van der Waals surface area contributed by atoms with Crippen molar-refractivity contribution in [3.05, 3.63) is 63.0 Å². The number of nitrogens with zero attached hydrogens (tertiary/aromatic N) is 2. The van der Waals surface area contributed by atoms with Crippen LogP contribution in [0.5, 0.6) is 0 Å². The van der Waals surface area contributed by atoms with Crippen LogP contribution in [0.2, 0.25) is 0 Å². The molecule has 1 amide bonds. The molecular formula is C23H26N2O2S. The largest absolute Gasteiger partial charge is 0.376 e. The van der Waals surface area contributed by atoms with Crippen molar-refractivity contribution >= 4 is 28.1 Å². The normalized spacial score (nSPS) is 16.6. The van der Waals surface area contributed by atoms with Gasteiger partial charge in [-0.2, -0.15) is 11.3 Å². The Bertz CT molecular complexity index is 992. The molecule has 1 aliphatic heterocycles. The van der Waals surface area contributed by atoms with Crippen molar-refractivity contribution in [3.63, 3.8) is 0 Å². The van der Waals surface area contributed by atoms with Crippen molar-refractivity contribution in [2.45, 2.75) is 46.3 Å². The number of pyridine rings is 1. The van der Waals surface area contributed by atoms with Gasteiger partial charge in [0.2, 0.25) is 0 Å². The van der Waals surface area contributed by atoms with Gasteiger partial charge >= 0.3 is 0 Å². The number of aryl methyl sites for hydroxylation is 3. The fourth-order valence-electron chi connectivity index (χ4n) is 3.86.